The first-order chi connectivity index (χ1) is 8.00. The lowest BCUT2D eigenvalue weighted by atomic mass is 9.80. The molecule has 17 heavy (non-hydrogen) atoms. The molecule has 0 amide bonds. The third-order valence-electron chi connectivity index (χ3n) is 3.45. The van der Waals surface area contributed by atoms with E-state index in [0.717, 1.165) is 34.3 Å². The molecule has 0 saturated heterocycles. The fourth-order valence-electron chi connectivity index (χ4n) is 2.07. The SMILES string of the molecule is CC(NCC1(O)CCC1)c1ccc(Br)cc1Cl. The van der Waals surface area contributed by atoms with Crippen LogP contribution in [-0.2, 0) is 0 Å². The molecule has 1 aromatic rings. The predicted octanol–water partition coefficient (Wildman–Crippen LogP) is 3.67. The predicted molar refractivity (Wildman–Crippen MR) is 74.4 cm³/mol. The zero-order valence-corrected chi connectivity index (χ0v) is 12.2. The van der Waals surface area contributed by atoms with E-state index in [1.54, 1.807) is 0 Å². The van der Waals surface area contributed by atoms with Gasteiger partial charge in [-0.25, -0.2) is 0 Å². The molecule has 94 valence electrons. The summed E-state index contributed by atoms with van der Waals surface area (Å²) in [5, 5.41) is 14.1. The van der Waals surface area contributed by atoms with Crippen molar-refractivity contribution in [2.45, 2.75) is 37.8 Å². The minimum Gasteiger partial charge on any atom is -0.389 e. The van der Waals surface area contributed by atoms with Crippen LogP contribution in [0, 0.1) is 0 Å². The maximum Gasteiger partial charge on any atom is 0.0771 e. The highest BCUT2D eigenvalue weighted by molar-refractivity contribution is 9.10. The van der Waals surface area contributed by atoms with E-state index in [0.29, 0.717) is 6.54 Å². The topological polar surface area (TPSA) is 32.3 Å². The van der Waals surface area contributed by atoms with Gasteiger partial charge >= 0.3 is 0 Å². The van der Waals surface area contributed by atoms with Crippen LogP contribution in [0.25, 0.3) is 0 Å². The number of benzene rings is 1. The second-order valence-electron chi connectivity index (χ2n) is 4.85. The van der Waals surface area contributed by atoms with Gasteiger partial charge in [0.15, 0.2) is 0 Å². The number of aliphatic hydroxyl groups is 1. The number of hydrogen-bond donors (Lipinski definition) is 2. The van der Waals surface area contributed by atoms with E-state index in [1.165, 1.54) is 0 Å². The summed E-state index contributed by atoms with van der Waals surface area (Å²) in [6.07, 6.45) is 2.94. The molecular weight excluding hydrogens is 302 g/mol. The first-order valence-corrected chi connectivity index (χ1v) is 7.08. The lowest BCUT2D eigenvalue weighted by Crippen LogP contribution is -2.46. The van der Waals surface area contributed by atoms with Crippen molar-refractivity contribution in [2.24, 2.45) is 0 Å². The molecule has 0 bridgehead atoms. The Hall–Kier alpha value is -0.0900. The van der Waals surface area contributed by atoms with Crippen molar-refractivity contribution < 1.29 is 5.11 Å². The molecule has 1 aliphatic carbocycles. The first kappa shape index (κ1) is 13.3. The third-order valence-corrected chi connectivity index (χ3v) is 4.27. The van der Waals surface area contributed by atoms with Gasteiger partial charge in [0.2, 0.25) is 0 Å². The third kappa shape index (κ3) is 3.22. The molecule has 2 rings (SSSR count). The average molecular weight is 319 g/mol. The van der Waals surface area contributed by atoms with E-state index in [2.05, 4.69) is 28.2 Å². The summed E-state index contributed by atoms with van der Waals surface area (Å²) >= 11 is 9.58. The quantitative estimate of drug-likeness (QED) is 0.888. The van der Waals surface area contributed by atoms with E-state index in [1.807, 2.05) is 18.2 Å². The molecule has 0 radical (unpaired) electrons. The van der Waals surface area contributed by atoms with Gasteiger partial charge in [-0.1, -0.05) is 33.6 Å². The maximum absolute atomic E-state index is 10.0. The highest BCUT2D eigenvalue weighted by atomic mass is 79.9. The second kappa shape index (κ2) is 5.27. The summed E-state index contributed by atoms with van der Waals surface area (Å²) in [5.41, 5.74) is 0.577. The summed E-state index contributed by atoms with van der Waals surface area (Å²) in [4.78, 5) is 0. The summed E-state index contributed by atoms with van der Waals surface area (Å²) in [6, 6.07) is 6.04. The molecule has 1 fully saturated rings. The van der Waals surface area contributed by atoms with Crippen LogP contribution in [0.2, 0.25) is 5.02 Å². The van der Waals surface area contributed by atoms with Crippen LogP contribution in [0.3, 0.4) is 0 Å². The van der Waals surface area contributed by atoms with Crippen LogP contribution >= 0.6 is 27.5 Å². The number of hydrogen-bond acceptors (Lipinski definition) is 2. The lowest BCUT2D eigenvalue weighted by Gasteiger charge is -2.37. The first-order valence-electron chi connectivity index (χ1n) is 5.91. The molecule has 4 heteroatoms. The Balaban J connectivity index is 1.96. The molecular formula is C13H17BrClNO. The zero-order valence-electron chi connectivity index (χ0n) is 9.84. The summed E-state index contributed by atoms with van der Waals surface area (Å²) in [6.45, 7) is 2.71. The smallest absolute Gasteiger partial charge is 0.0771 e. The van der Waals surface area contributed by atoms with E-state index in [4.69, 9.17) is 11.6 Å². The summed E-state index contributed by atoms with van der Waals surface area (Å²) in [7, 11) is 0. The van der Waals surface area contributed by atoms with Crippen molar-refractivity contribution in [1.82, 2.24) is 5.32 Å². The highest BCUT2D eigenvalue weighted by Gasteiger charge is 2.34. The minimum atomic E-state index is -0.490. The standard InChI is InChI=1S/C13H17BrClNO/c1-9(16-8-13(17)5-2-6-13)11-4-3-10(14)7-12(11)15/h3-4,7,9,16-17H,2,5-6,8H2,1H3. The van der Waals surface area contributed by atoms with Gasteiger partial charge in [0.1, 0.15) is 0 Å². The molecule has 0 aromatic heterocycles. The number of rotatable bonds is 4. The molecule has 0 aliphatic heterocycles. The van der Waals surface area contributed by atoms with E-state index < -0.39 is 5.60 Å². The van der Waals surface area contributed by atoms with Crippen LogP contribution in [0.4, 0.5) is 0 Å². The van der Waals surface area contributed by atoms with Gasteiger partial charge in [-0.05, 0) is 43.9 Å². The Bertz CT molecular complexity index is 406. The average Bonchev–Trinajstić information content (AvgIpc) is 2.23. The van der Waals surface area contributed by atoms with Crippen molar-refractivity contribution in [1.29, 1.82) is 0 Å². The highest BCUT2D eigenvalue weighted by Crippen LogP contribution is 2.32. The Kier molecular flexibility index (Phi) is 4.14. The monoisotopic (exact) mass is 317 g/mol. The Morgan fingerprint density at radius 1 is 1.53 bits per heavy atom. The van der Waals surface area contributed by atoms with Gasteiger partial charge in [0, 0.05) is 22.1 Å². The number of nitrogens with one attached hydrogen (secondary N) is 1. The van der Waals surface area contributed by atoms with Crippen LogP contribution in [0.5, 0.6) is 0 Å². The van der Waals surface area contributed by atoms with Gasteiger partial charge in [-0.15, -0.1) is 0 Å². The van der Waals surface area contributed by atoms with Gasteiger partial charge in [-0.2, -0.15) is 0 Å². The van der Waals surface area contributed by atoms with E-state index >= 15 is 0 Å². The minimum absolute atomic E-state index is 0.153. The molecule has 0 spiro atoms. The summed E-state index contributed by atoms with van der Waals surface area (Å²) < 4.78 is 0.982. The Morgan fingerprint density at radius 2 is 2.24 bits per heavy atom. The Labute approximate surface area is 115 Å². The van der Waals surface area contributed by atoms with E-state index in [-0.39, 0.29) is 6.04 Å². The van der Waals surface area contributed by atoms with Gasteiger partial charge in [0.05, 0.1) is 5.60 Å². The van der Waals surface area contributed by atoms with Crippen LogP contribution in [-0.4, -0.2) is 17.3 Å². The van der Waals surface area contributed by atoms with Crippen LogP contribution in [0.15, 0.2) is 22.7 Å². The molecule has 1 saturated carbocycles. The molecule has 1 aliphatic rings. The molecule has 0 heterocycles. The van der Waals surface area contributed by atoms with E-state index in [9.17, 15) is 5.11 Å². The van der Waals surface area contributed by atoms with Crippen molar-refractivity contribution >= 4 is 27.5 Å². The molecule has 2 nitrogen and oxygen atoms in total. The number of halogens is 2. The van der Waals surface area contributed by atoms with Gasteiger partial charge < -0.3 is 10.4 Å². The molecule has 1 aromatic carbocycles. The van der Waals surface area contributed by atoms with Crippen LogP contribution < -0.4 is 5.32 Å². The second-order valence-corrected chi connectivity index (χ2v) is 6.17. The summed E-state index contributed by atoms with van der Waals surface area (Å²) in [5.74, 6) is 0. The molecule has 1 atom stereocenters. The zero-order chi connectivity index (χ0) is 12.5. The van der Waals surface area contributed by atoms with Crippen molar-refractivity contribution in [3.8, 4) is 0 Å². The largest absolute Gasteiger partial charge is 0.389 e. The molecule has 1 unspecified atom stereocenters. The van der Waals surface area contributed by atoms with Gasteiger partial charge in [0.25, 0.3) is 0 Å². The molecule has 2 N–H and O–H groups in total. The normalized spacial score (nSPS) is 19.8. The van der Waals surface area contributed by atoms with Crippen molar-refractivity contribution in [3.63, 3.8) is 0 Å². The fraction of sp³-hybridized carbons (Fsp3) is 0.538. The van der Waals surface area contributed by atoms with Crippen molar-refractivity contribution in [2.75, 3.05) is 6.54 Å². The van der Waals surface area contributed by atoms with Crippen molar-refractivity contribution in [3.05, 3.63) is 33.3 Å². The Morgan fingerprint density at radius 3 is 2.76 bits per heavy atom. The van der Waals surface area contributed by atoms with Gasteiger partial charge in [-0.3, -0.25) is 0 Å². The lowest BCUT2D eigenvalue weighted by molar-refractivity contribution is -0.0329. The maximum atomic E-state index is 10.0. The van der Waals surface area contributed by atoms with Crippen LogP contribution in [0.1, 0.15) is 37.8 Å². The fourth-order valence-corrected chi connectivity index (χ4v) is 2.90.